The molecule has 44 heavy (non-hydrogen) atoms. The zero-order chi connectivity index (χ0) is 31.0. The highest BCUT2D eigenvalue weighted by molar-refractivity contribution is 5.79. The monoisotopic (exact) mass is 600 g/mol. The van der Waals surface area contributed by atoms with E-state index in [2.05, 4.69) is 43.3 Å². The largest absolute Gasteiger partial charge is 0.344 e. The van der Waals surface area contributed by atoms with E-state index in [0.29, 0.717) is 18.8 Å². The van der Waals surface area contributed by atoms with Gasteiger partial charge in [0.1, 0.15) is 5.83 Å². The number of ether oxygens (including phenoxy) is 2. The van der Waals surface area contributed by atoms with Crippen LogP contribution >= 0.6 is 0 Å². The zero-order valence-electron chi connectivity index (χ0n) is 26.7. The summed E-state index contributed by atoms with van der Waals surface area (Å²) in [6.45, 7) is 4.95. The number of benzene rings is 3. The summed E-state index contributed by atoms with van der Waals surface area (Å²) in [5.41, 5.74) is 5.27. The van der Waals surface area contributed by atoms with Crippen LogP contribution in [0.1, 0.15) is 96.5 Å². The van der Waals surface area contributed by atoms with Gasteiger partial charge in [-0.1, -0.05) is 163 Å². The van der Waals surface area contributed by atoms with Crippen molar-refractivity contribution in [3.05, 3.63) is 102 Å². The molecule has 1 aliphatic carbocycles. The molecule has 0 saturated carbocycles. The van der Waals surface area contributed by atoms with Crippen LogP contribution in [0.2, 0.25) is 0 Å². The van der Waals surface area contributed by atoms with E-state index in [4.69, 9.17) is 9.47 Å². The van der Waals surface area contributed by atoms with E-state index in [0.717, 1.165) is 48.8 Å². The lowest BCUT2D eigenvalue weighted by Crippen LogP contribution is -2.46. The molecule has 0 amide bonds. The summed E-state index contributed by atoms with van der Waals surface area (Å²) in [5.74, 6) is -2.56. The third-order valence-corrected chi connectivity index (χ3v) is 8.49. The van der Waals surface area contributed by atoms with Gasteiger partial charge in [0.15, 0.2) is 0 Å². The Morgan fingerprint density at radius 3 is 1.50 bits per heavy atom. The molecule has 0 fully saturated rings. The second-order valence-corrected chi connectivity index (χ2v) is 11.9. The van der Waals surface area contributed by atoms with Crippen molar-refractivity contribution in [2.24, 2.45) is 0 Å². The van der Waals surface area contributed by atoms with Crippen molar-refractivity contribution in [2.75, 3.05) is 13.2 Å². The summed E-state index contributed by atoms with van der Waals surface area (Å²) < 4.78 is 43.5. The Bertz CT molecular complexity index is 1300. The van der Waals surface area contributed by atoms with E-state index in [1.165, 1.54) is 50.5 Å². The number of unbranched alkanes of at least 4 members (excludes halogenated alkanes) is 10. The molecule has 2 atom stereocenters. The van der Waals surface area contributed by atoms with E-state index < -0.39 is 17.8 Å². The van der Waals surface area contributed by atoms with Crippen LogP contribution in [0.15, 0.2) is 96.8 Å². The molecule has 236 valence electrons. The van der Waals surface area contributed by atoms with Crippen molar-refractivity contribution in [3.8, 4) is 22.3 Å². The van der Waals surface area contributed by atoms with Gasteiger partial charge >= 0.3 is 0 Å². The highest BCUT2D eigenvalue weighted by Gasteiger charge is 2.45. The number of allylic oxidation sites excluding steroid dienone is 2. The molecule has 3 aromatic rings. The fourth-order valence-electron chi connectivity index (χ4n) is 5.72. The van der Waals surface area contributed by atoms with Gasteiger partial charge in [0.2, 0.25) is 12.0 Å². The van der Waals surface area contributed by atoms with E-state index in [1.54, 1.807) is 12.2 Å². The van der Waals surface area contributed by atoms with Crippen LogP contribution in [0.5, 0.6) is 0 Å². The normalized spacial score (nSPS) is 18.2. The SMILES string of the molecule is CCCCCCCCCCCCOC1(OCCCC)C=CC(c2ccc(-c3ccc(-c4ccccc4)cc3)cc2)=C(F)C1F. The van der Waals surface area contributed by atoms with Crippen molar-refractivity contribution in [1.82, 2.24) is 0 Å². The minimum Gasteiger partial charge on any atom is -0.344 e. The summed E-state index contributed by atoms with van der Waals surface area (Å²) in [5, 5.41) is 0. The van der Waals surface area contributed by atoms with Crippen LogP contribution in [0, 0.1) is 0 Å². The molecule has 0 radical (unpaired) electrons. The van der Waals surface area contributed by atoms with Crippen LogP contribution < -0.4 is 0 Å². The molecular formula is C40H50F2O2. The lowest BCUT2D eigenvalue weighted by Gasteiger charge is -2.36. The first-order chi connectivity index (χ1) is 21.6. The predicted octanol–water partition coefficient (Wildman–Crippen LogP) is 12.1. The van der Waals surface area contributed by atoms with Gasteiger partial charge in [-0.05, 0) is 46.7 Å². The van der Waals surface area contributed by atoms with Crippen LogP contribution in [-0.4, -0.2) is 25.2 Å². The molecule has 4 heteroatoms. The maximum Gasteiger partial charge on any atom is 0.227 e. The van der Waals surface area contributed by atoms with E-state index in [9.17, 15) is 0 Å². The highest BCUT2D eigenvalue weighted by Crippen LogP contribution is 2.39. The van der Waals surface area contributed by atoms with Crippen LogP contribution in [0.4, 0.5) is 8.78 Å². The summed E-state index contributed by atoms with van der Waals surface area (Å²) in [7, 11) is 0. The van der Waals surface area contributed by atoms with Crippen molar-refractivity contribution < 1.29 is 18.3 Å². The third kappa shape index (κ3) is 9.46. The number of rotatable bonds is 19. The van der Waals surface area contributed by atoms with Gasteiger partial charge in [-0.3, -0.25) is 0 Å². The molecule has 2 nitrogen and oxygen atoms in total. The van der Waals surface area contributed by atoms with Crippen molar-refractivity contribution in [1.29, 1.82) is 0 Å². The van der Waals surface area contributed by atoms with E-state index in [1.807, 2.05) is 49.4 Å². The van der Waals surface area contributed by atoms with Crippen LogP contribution in [-0.2, 0) is 9.47 Å². The summed E-state index contributed by atoms with van der Waals surface area (Å²) in [6.07, 6.45) is 14.9. The highest BCUT2D eigenvalue weighted by atomic mass is 19.2. The molecule has 1 aliphatic rings. The average Bonchev–Trinajstić information content (AvgIpc) is 3.07. The molecule has 0 aromatic heterocycles. The smallest absolute Gasteiger partial charge is 0.227 e. The molecule has 0 N–H and O–H groups in total. The van der Waals surface area contributed by atoms with Crippen molar-refractivity contribution in [3.63, 3.8) is 0 Å². The van der Waals surface area contributed by atoms with Gasteiger partial charge in [-0.15, -0.1) is 0 Å². The van der Waals surface area contributed by atoms with Crippen LogP contribution in [0.3, 0.4) is 0 Å². The standard InChI is InChI=1S/C40H50F2O2/c1-3-5-7-8-9-10-11-12-13-17-31-44-40(43-30-6-4-2)29-28-37(38(41)39(40)42)36-26-24-35(25-27-36)34-22-20-33(21-23-34)32-18-15-14-16-19-32/h14-16,18-29,39H,3-13,17,30-31H2,1-2H3. The fourth-order valence-corrected chi connectivity index (χ4v) is 5.72. The lowest BCUT2D eigenvalue weighted by molar-refractivity contribution is -0.234. The first kappa shape index (κ1) is 33.8. The third-order valence-electron chi connectivity index (χ3n) is 8.49. The first-order valence-electron chi connectivity index (χ1n) is 16.8. The Labute approximate surface area is 264 Å². The Balaban J connectivity index is 1.34. The van der Waals surface area contributed by atoms with Crippen LogP contribution in [0.25, 0.3) is 27.8 Å². The molecule has 0 saturated heterocycles. The van der Waals surface area contributed by atoms with Gasteiger partial charge < -0.3 is 9.47 Å². The Morgan fingerprint density at radius 2 is 0.977 bits per heavy atom. The Morgan fingerprint density at radius 1 is 0.545 bits per heavy atom. The maximum absolute atomic E-state index is 15.9. The number of hydrogen-bond donors (Lipinski definition) is 0. The van der Waals surface area contributed by atoms with Gasteiger partial charge in [-0.25, -0.2) is 8.78 Å². The molecule has 2 unspecified atom stereocenters. The maximum atomic E-state index is 15.9. The summed E-state index contributed by atoms with van der Waals surface area (Å²) >= 11 is 0. The van der Waals surface area contributed by atoms with Gasteiger partial charge in [0.05, 0.1) is 13.2 Å². The lowest BCUT2D eigenvalue weighted by atomic mass is 9.92. The summed E-state index contributed by atoms with van der Waals surface area (Å²) in [4.78, 5) is 0. The molecule has 3 aromatic carbocycles. The quantitative estimate of drug-likeness (QED) is 0.101. The molecular weight excluding hydrogens is 550 g/mol. The minimum atomic E-state index is -2.02. The average molecular weight is 601 g/mol. The molecule has 0 spiro atoms. The topological polar surface area (TPSA) is 18.5 Å². The summed E-state index contributed by atoms with van der Waals surface area (Å²) in [6, 6.07) is 26.2. The number of halogens is 2. The van der Waals surface area contributed by atoms with Gasteiger partial charge in [-0.2, -0.15) is 0 Å². The molecule has 4 rings (SSSR count). The van der Waals surface area contributed by atoms with E-state index >= 15 is 8.78 Å². The van der Waals surface area contributed by atoms with Gasteiger partial charge in [0, 0.05) is 5.57 Å². The predicted molar refractivity (Wildman–Crippen MR) is 181 cm³/mol. The number of alkyl halides is 1. The number of hydrogen-bond acceptors (Lipinski definition) is 2. The van der Waals surface area contributed by atoms with Crippen molar-refractivity contribution in [2.45, 2.75) is 103 Å². The fraction of sp³-hybridized carbons (Fsp3) is 0.450. The van der Waals surface area contributed by atoms with Crippen molar-refractivity contribution >= 4 is 5.57 Å². The molecule has 0 heterocycles. The molecule has 0 bridgehead atoms. The van der Waals surface area contributed by atoms with E-state index in [-0.39, 0.29) is 5.57 Å². The second-order valence-electron chi connectivity index (χ2n) is 11.9. The first-order valence-corrected chi connectivity index (χ1v) is 16.8. The zero-order valence-corrected chi connectivity index (χ0v) is 26.7. The minimum absolute atomic E-state index is 0.237. The second kappa shape index (κ2) is 18.0. The van der Waals surface area contributed by atoms with Gasteiger partial charge in [0.25, 0.3) is 0 Å². The Kier molecular flexibility index (Phi) is 13.8. The molecule has 0 aliphatic heterocycles. The Hall–Kier alpha value is -3.08.